The number of nitrogens with zero attached hydrogens (tertiary/aromatic N) is 3. The van der Waals surface area contributed by atoms with Crippen molar-refractivity contribution in [1.82, 2.24) is 15.8 Å². The zero-order valence-corrected chi connectivity index (χ0v) is 20.0. The smallest absolute Gasteiger partial charge is 0.395 e. The van der Waals surface area contributed by atoms with E-state index in [1.54, 1.807) is 0 Å². The van der Waals surface area contributed by atoms with E-state index in [1.165, 1.54) is 23.2 Å². The fraction of sp³-hybridized carbons (Fsp3) is 0.261. The average Bonchev–Trinajstić information content (AvgIpc) is 2.82. The molecule has 0 bridgehead atoms. The Labute approximate surface area is 209 Å². The molecule has 2 aromatic carbocycles. The average molecular weight is 536 g/mol. The molecule has 1 atom stereocenters. The van der Waals surface area contributed by atoms with Gasteiger partial charge < -0.3 is 10.4 Å². The van der Waals surface area contributed by atoms with E-state index in [1.807, 2.05) is 6.07 Å². The number of benzene rings is 2. The van der Waals surface area contributed by atoms with Crippen molar-refractivity contribution in [3.63, 3.8) is 0 Å². The van der Waals surface area contributed by atoms with Crippen molar-refractivity contribution >= 4 is 27.5 Å². The van der Waals surface area contributed by atoms with Crippen molar-refractivity contribution in [2.75, 3.05) is 30.9 Å². The first-order valence-electron chi connectivity index (χ1n) is 10.8. The monoisotopic (exact) mass is 535 g/mol. The first-order valence-corrected chi connectivity index (χ1v) is 12.7. The lowest BCUT2D eigenvalue weighted by Gasteiger charge is -2.42. The zero-order valence-electron chi connectivity index (χ0n) is 19.2. The van der Waals surface area contributed by atoms with Crippen molar-refractivity contribution in [2.45, 2.75) is 17.1 Å². The van der Waals surface area contributed by atoms with E-state index in [2.05, 4.69) is 10.7 Å². The van der Waals surface area contributed by atoms with Gasteiger partial charge in [-0.25, -0.2) is 18.2 Å². The molecule has 3 amide bonds. The second-order valence-electron chi connectivity index (χ2n) is 8.35. The molecule has 2 aromatic rings. The lowest BCUT2D eigenvalue weighted by molar-refractivity contribution is -0.137. The summed E-state index contributed by atoms with van der Waals surface area (Å²) in [6.45, 7) is -0.584. The normalized spacial score (nSPS) is 18.7. The van der Waals surface area contributed by atoms with Gasteiger partial charge in [0, 0.05) is 12.8 Å². The van der Waals surface area contributed by atoms with Crippen molar-refractivity contribution in [1.29, 1.82) is 5.26 Å². The van der Waals surface area contributed by atoms with E-state index >= 15 is 0 Å². The molecule has 0 aliphatic carbocycles. The summed E-state index contributed by atoms with van der Waals surface area (Å²) >= 11 is 0. The van der Waals surface area contributed by atoms with Crippen LogP contribution in [0.4, 0.5) is 23.7 Å². The van der Waals surface area contributed by atoms with E-state index in [-0.39, 0.29) is 52.7 Å². The third-order valence-electron chi connectivity index (χ3n) is 5.84. The number of hydrogen-bond acceptors (Lipinski definition) is 7. The molecular weight excluding hydrogens is 515 g/mol. The van der Waals surface area contributed by atoms with Gasteiger partial charge >= 0.3 is 12.2 Å². The van der Waals surface area contributed by atoms with Gasteiger partial charge in [0.05, 0.1) is 58.2 Å². The number of alkyl halides is 3. The lowest BCUT2D eigenvalue weighted by atomic mass is 9.92. The number of rotatable bonds is 5. The fourth-order valence-corrected chi connectivity index (χ4v) is 5.21. The SMILES string of the molecule is CS(=O)(=O)c1cc(C#N)ccc1C1NC(=O)N(c2cccc(C(F)(F)F)c2)C2=C1C(=O)NN(CCO)C2. The van der Waals surface area contributed by atoms with E-state index in [4.69, 9.17) is 0 Å². The summed E-state index contributed by atoms with van der Waals surface area (Å²) in [7, 11) is -3.93. The Balaban J connectivity index is 1.95. The van der Waals surface area contributed by atoms with Crippen LogP contribution in [0.5, 0.6) is 0 Å². The fourth-order valence-electron chi connectivity index (χ4n) is 4.26. The summed E-state index contributed by atoms with van der Waals surface area (Å²) in [6.07, 6.45) is -3.78. The molecule has 2 aliphatic rings. The number of aliphatic hydroxyl groups excluding tert-OH is 1. The van der Waals surface area contributed by atoms with Crippen LogP contribution in [0.2, 0.25) is 0 Å². The van der Waals surface area contributed by atoms with Crippen LogP contribution in [0.25, 0.3) is 0 Å². The molecule has 2 aliphatic heterocycles. The number of carbonyl (C=O) groups excluding carboxylic acids is 2. The van der Waals surface area contributed by atoms with E-state index in [0.29, 0.717) is 0 Å². The van der Waals surface area contributed by atoms with Gasteiger partial charge in [0.25, 0.3) is 5.91 Å². The van der Waals surface area contributed by atoms with Crippen molar-refractivity contribution in [2.24, 2.45) is 0 Å². The summed E-state index contributed by atoms with van der Waals surface area (Å²) in [5.41, 5.74) is 1.32. The number of nitrogens with one attached hydrogen (secondary N) is 2. The molecule has 0 spiro atoms. The summed E-state index contributed by atoms with van der Waals surface area (Å²) in [6, 6.07) is 7.38. The van der Waals surface area contributed by atoms with Crippen LogP contribution in [0.3, 0.4) is 0 Å². The highest BCUT2D eigenvalue weighted by atomic mass is 32.2. The number of aliphatic hydroxyl groups is 1. The lowest BCUT2D eigenvalue weighted by Crippen LogP contribution is -2.59. The predicted molar refractivity (Wildman–Crippen MR) is 123 cm³/mol. The topological polar surface area (TPSA) is 143 Å². The number of urea groups is 1. The van der Waals surface area contributed by atoms with Crippen molar-refractivity contribution < 1.29 is 36.3 Å². The van der Waals surface area contributed by atoms with Gasteiger partial charge in [-0.2, -0.15) is 18.4 Å². The summed E-state index contributed by atoms with van der Waals surface area (Å²) in [4.78, 5) is 27.2. The second-order valence-corrected chi connectivity index (χ2v) is 10.3. The number of carbonyl (C=O) groups is 2. The number of nitriles is 1. The molecule has 37 heavy (non-hydrogen) atoms. The molecule has 194 valence electrons. The summed E-state index contributed by atoms with van der Waals surface area (Å²) in [5.74, 6) is -0.750. The van der Waals surface area contributed by atoms with Gasteiger partial charge in [0.1, 0.15) is 0 Å². The van der Waals surface area contributed by atoms with Crippen LogP contribution in [-0.2, 0) is 20.8 Å². The van der Waals surface area contributed by atoms with Gasteiger partial charge in [0.2, 0.25) is 0 Å². The number of β-amino-alcohol motifs (C(OH)–C–C–N with tert-alkyl or cyclic N) is 1. The number of hydrazine groups is 1. The number of halogens is 3. The molecule has 4 rings (SSSR count). The first-order chi connectivity index (χ1) is 17.3. The third kappa shape index (κ3) is 5.01. The van der Waals surface area contributed by atoms with Gasteiger partial charge in [-0.15, -0.1) is 0 Å². The Morgan fingerprint density at radius 1 is 1.19 bits per heavy atom. The summed E-state index contributed by atoms with van der Waals surface area (Å²) < 4.78 is 65.2. The quantitative estimate of drug-likeness (QED) is 0.530. The molecule has 0 aromatic heterocycles. The van der Waals surface area contributed by atoms with Gasteiger partial charge in [-0.3, -0.25) is 15.1 Å². The van der Waals surface area contributed by atoms with Gasteiger partial charge in [0.15, 0.2) is 9.84 Å². The molecule has 2 heterocycles. The zero-order chi connectivity index (χ0) is 27.1. The molecule has 10 nitrogen and oxygen atoms in total. The molecule has 14 heteroatoms. The number of amides is 3. The van der Waals surface area contributed by atoms with Crippen molar-refractivity contribution in [3.05, 3.63) is 70.4 Å². The van der Waals surface area contributed by atoms with E-state index in [9.17, 15) is 41.5 Å². The molecule has 0 radical (unpaired) electrons. The maximum Gasteiger partial charge on any atom is 0.416 e. The standard InChI is InChI=1S/C23H20F3N5O5S/c1-37(35,36)18-9-13(11-27)5-6-16(18)20-19-17(12-30(7-8-32)29-21(19)33)31(22(34)28-20)15-4-2-3-14(10-15)23(24,25)26/h2-6,9-10,20,32H,7-8,12H2,1H3,(H,28,34)(H,29,33). The Bertz CT molecular complexity index is 1470. The van der Waals surface area contributed by atoms with Gasteiger partial charge in [-0.1, -0.05) is 12.1 Å². The highest BCUT2D eigenvalue weighted by Gasteiger charge is 2.43. The van der Waals surface area contributed by atoms with Crippen LogP contribution in [0, 0.1) is 11.3 Å². The van der Waals surface area contributed by atoms with E-state index < -0.39 is 39.6 Å². The largest absolute Gasteiger partial charge is 0.416 e. The van der Waals surface area contributed by atoms with Crippen LogP contribution in [0.15, 0.2) is 58.6 Å². The number of sulfone groups is 1. The number of hydrogen-bond donors (Lipinski definition) is 3. The predicted octanol–water partition coefficient (Wildman–Crippen LogP) is 1.84. The minimum atomic E-state index is -4.69. The maximum atomic E-state index is 13.4. The molecule has 0 saturated heterocycles. The Morgan fingerprint density at radius 2 is 1.92 bits per heavy atom. The highest BCUT2D eigenvalue weighted by molar-refractivity contribution is 7.90. The minimum Gasteiger partial charge on any atom is -0.395 e. The van der Waals surface area contributed by atoms with Crippen LogP contribution in [0.1, 0.15) is 22.7 Å². The molecule has 1 unspecified atom stereocenters. The second kappa shape index (κ2) is 9.51. The molecular formula is C23H20F3N5O5S. The highest BCUT2D eigenvalue weighted by Crippen LogP contribution is 2.39. The maximum absolute atomic E-state index is 13.4. The van der Waals surface area contributed by atoms with Crippen LogP contribution < -0.4 is 15.6 Å². The Morgan fingerprint density at radius 3 is 2.54 bits per heavy atom. The molecule has 3 N–H and O–H groups in total. The van der Waals surface area contributed by atoms with Crippen LogP contribution >= 0.6 is 0 Å². The summed E-state index contributed by atoms with van der Waals surface area (Å²) in [5, 5.41) is 22.4. The van der Waals surface area contributed by atoms with Gasteiger partial charge in [-0.05, 0) is 35.9 Å². The molecule has 0 saturated carbocycles. The van der Waals surface area contributed by atoms with Crippen molar-refractivity contribution in [3.8, 4) is 6.07 Å². The molecule has 0 fully saturated rings. The van der Waals surface area contributed by atoms with Crippen LogP contribution in [-0.4, -0.2) is 56.4 Å². The third-order valence-corrected chi connectivity index (χ3v) is 6.99. The Kier molecular flexibility index (Phi) is 6.72. The Hall–Kier alpha value is -3.93. The van der Waals surface area contributed by atoms with E-state index in [0.717, 1.165) is 35.4 Å². The minimum absolute atomic E-state index is 0.00841. The first kappa shape index (κ1) is 26.1. The number of anilines is 1.